The minimum absolute atomic E-state index is 0.386. The first-order valence-corrected chi connectivity index (χ1v) is 6.32. The molecule has 116 valence electrons. The van der Waals surface area contributed by atoms with Crippen LogP contribution in [-0.2, 0) is 9.59 Å². The van der Waals surface area contributed by atoms with Crippen LogP contribution in [0.25, 0.3) is 0 Å². The van der Waals surface area contributed by atoms with Crippen LogP contribution in [0.15, 0.2) is 24.3 Å². The van der Waals surface area contributed by atoms with Crippen molar-refractivity contribution >= 4 is 11.9 Å². The molecule has 1 atom stereocenters. The van der Waals surface area contributed by atoms with E-state index in [0.29, 0.717) is 5.56 Å². The van der Waals surface area contributed by atoms with Crippen molar-refractivity contribution in [2.24, 2.45) is 0 Å². The summed E-state index contributed by atoms with van der Waals surface area (Å²) in [7, 11) is 0. The van der Waals surface area contributed by atoms with Crippen LogP contribution in [0, 0.1) is 6.92 Å². The van der Waals surface area contributed by atoms with Crippen molar-refractivity contribution < 1.29 is 27.9 Å². The minimum Gasteiger partial charge on any atom is -0.481 e. The first-order chi connectivity index (χ1) is 9.69. The van der Waals surface area contributed by atoms with Gasteiger partial charge in [0.15, 0.2) is 0 Å². The van der Waals surface area contributed by atoms with E-state index < -0.39 is 36.9 Å². The van der Waals surface area contributed by atoms with E-state index in [1.807, 2.05) is 0 Å². The molecule has 4 nitrogen and oxygen atoms in total. The third-order valence-corrected chi connectivity index (χ3v) is 2.91. The van der Waals surface area contributed by atoms with Crippen LogP contribution in [-0.4, -0.2) is 23.2 Å². The summed E-state index contributed by atoms with van der Waals surface area (Å²) in [4.78, 5) is 22.4. The van der Waals surface area contributed by atoms with Crippen LogP contribution in [0.1, 0.15) is 36.4 Å². The molecule has 2 N–H and O–H groups in total. The lowest BCUT2D eigenvalue weighted by molar-refractivity contribution is -0.145. The minimum atomic E-state index is -4.41. The molecule has 0 saturated carbocycles. The van der Waals surface area contributed by atoms with Gasteiger partial charge in [0.25, 0.3) is 0 Å². The Labute approximate surface area is 120 Å². The van der Waals surface area contributed by atoms with E-state index in [1.165, 1.54) is 0 Å². The van der Waals surface area contributed by atoms with E-state index >= 15 is 0 Å². The second-order valence-electron chi connectivity index (χ2n) is 4.69. The summed E-state index contributed by atoms with van der Waals surface area (Å²) >= 11 is 0. The highest BCUT2D eigenvalue weighted by Gasteiger charge is 2.28. The Kier molecular flexibility index (Phi) is 5.75. The van der Waals surface area contributed by atoms with Gasteiger partial charge < -0.3 is 10.4 Å². The molecule has 1 aromatic rings. The average Bonchev–Trinajstić information content (AvgIpc) is 2.35. The maximum absolute atomic E-state index is 12.1. The first-order valence-electron chi connectivity index (χ1n) is 6.32. The number of aryl methyl sites for hydroxylation is 1. The second-order valence-corrected chi connectivity index (χ2v) is 4.69. The van der Waals surface area contributed by atoms with Crippen molar-refractivity contribution in [2.75, 3.05) is 0 Å². The van der Waals surface area contributed by atoms with Gasteiger partial charge >= 0.3 is 12.1 Å². The molecule has 1 aromatic carbocycles. The average molecular weight is 303 g/mol. The lowest BCUT2D eigenvalue weighted by Crippen LogP contribution is -2.31. The van der Waals surface area contributed by atoms with Gasteiger partial charge in [-0.15, -0.1) is 0 Å². The maximum Gasteiger partial charge on any atom is 0.389 e. The quantitative estimate of drug-likeness (QED) is 0.849. The van der Waals surface area contributed by atoms with Gasteiger partial charge in [-0.1, -0.05) is 24.3 Å². The maximum atomic E-state index is 12.1. The molecule has 1 amide bonds. The molecule has 21 heavy (non-hydrogen) atoms. The molecule has 0 bridgehead atoms. The number of nitrogens with one attached hydrogen (secondary N) is 1. The van der Waals surface area contributed by atoms with Crippen LogP contribution in [0.2, 0.25) is 0 Å². The normalized spacial score (nSPS) is 12.8. The van der Waals surface area contributed by atoms with E-state index in [4.69, 9.17) is 5.11 Å². The molecule has 0 heterocycles. The Morgan fingerprint density at radius 1 is 1.29 bits per heavy atom. The second kappa shape index (κ2) is 7.10. The zero-order chi connectivity index (χ0) is 16.0. The lowest BCUT2D eigenvalue weighted by atomic mass is 9.98. The van der Waals surface area contributed by atoms with Gasteiger partial charge in [-0.2, -0.15) is 13.2 Å². The van der Waals surface area contributed by atoms with E-state index in [0.717, 1.165) is 5.56 Å². The predicted octanol–water partition coefficient (Wildman–Crippen LogP) is 2.97. The Bertz CT molecular complexity index is 514. The number of hydrogen-bond acceptors (Lipinski definition) is 2. The molecule has 1 unspecified atom stereocenters. The number of carbonyl (C=O) groups excluding carboxylic acids is 1. The van der Waals surface area contributed by atoms with Gasteiger partial charge in [0.1, 0.15) is 0 Å². The molecule has 0 aliphatic heterocycles. The number of carboxylic acid groups (broad SMARTS) is 1. The molecule has 1 rings (SSSR count). The highest BCUT2D eigenvalue weighted by molar-refractivity contribution is 5.77. The molecule has 7 heteroatoms. The van der Waals surface area contributed by atoms with Crippen LogP contribution in [0.3, 0.4) is 0 Å². The molecule has 0 radical (unpaired) electrons. The predicted molar refractivity (Wildman–Crippen MR) is 69.6 cm³/mol. The fourth-order valence-electron chi connectivity index (χ4n) is 1.91. The SMILES string of the molecule is Cc1ccccc1C(CC(=O)O)NC(=O)CCC(F)(F)F. The summed E-state index contributed by atoms with van der Waals surface area (Å²) in [6, 6.07) is 5.98. The van der Waals surface area contributed by atoms with E-state index in [-0.39, 0.29) is 6.42 Å². The van der Waals surface area contributed by atoms with E-state index in [1.54, 1.807) is 31.2 Å². The van der Waals surface area contributed by atoms with Crippen molar-refractivity contribution in [1.29, 1.82) is 0 Å². The Hall–Kier alpha value is -2.05. The summed E-state index contributed by atoms with van der Waals surface area (Å²) in [6.45, 7) is 1.74. The number of halogens is 3. The van der Waals surface area contributed by atoms with Crippen molar-refractivity contribution in [2.45, 2.75) is 38.4 Å². The monoisotopic (exact) mass is 303 g/mol. The third-order valence-electron chi connectivity index (χ3n) is 2.91. The molecular weight excluding hydrogens is 287 g/mol. The number of aliphatic carboxylic acids is 1. The van der Waals surface area contributed by atoms with Gasteiger partial charge in [-0.3, -0.25) is 9.59 Å². The van der Waals surface area contributed by atoms with E-state index in [2.05, 4.69) is 5.32 Å². The molecule has 0 aliphatic rings. The summed E-state index contributed by atoms with van der Waals surface area (Å²) in [5.74, 6) is -1.96. The van der Waals surface area contributed by atoms with Gasteiger partial charge in [-0.05, 0) is 18.1 Å². The zero-order valence-electron chi connectivity index (χ0n) is 11.4. The fourth-order valence-corrected chi connectivity index (χ4v) is 1.91. The molecular formula is C14H16F3NO3. The molecule has 0 spiro atoms. The highest BCUT2D eigenvalue weighted by atomic mass is 19.4. The molecule has 0 fully saturated rings. The number of alkyl halides is 3. The summed E-state index contributed by atoms with van der Waals surface area (Å²) in [6.07, 6.45) is -6.75. The number of benzene rings is 1. The van der Waals surface area contributed by atoms with Crippen molar-refractivity contribution in [3.8, 4) is 0 Å². The van der Waals surface area contributed by atoms with Crippen LogP contribution >= 0.6 is 0 Å². The van der Waals surface area contributed by atoms with E-state index in [9.17, 15) is 22.8 Å². The molecule has 0 saturated heterocycles. The van der Waals surface area contributed by atoms with Gasteiger partial charge in [0.2, 0.25) is 5.91 Å². The van der Waals surface area contributed by atoms with Crippen LogP contribution < -0.4 is 5.32 Å². The van der Waals surface area contributed by atoms with Gasteiger partial charge in [0.05, 0.1) is 18.9 Å². The Morgan fingerprint density at radius 3 is 2.43 bits per heavy atom. The smallest absolute Gasteiger partial charge is 0.389 e. The van der Waals surface area contributed by atoms with Gasteiger partial charge in [-0.25, -0.2) is 0 Å². The van der Waals surface area contributed by atoms with Crippen molar-refractivity contribution in [1.82, 2.24) is 5.32 Å². The summed E-state index contributed by atoms with van der Waals surface area (Å²) < 4.78 is 36.2. The topological polar surface area (TPSA) is 66.4 Å². The summed E-state index contributed by atoms with van der Waals surface area (Å²) in [5.41, 5.74) is 1.35. The Balaban J connectivity index is 2.78. The van der Waals surface area contributed by atoms with Crippen molar-refractivity contribution in [3.05, 3.63) is 35.4 Å². The van der Waals surface area contributed by atoms with Crippen LogP contribution in [0.5, 0.6) is 0 Å². The third kappa shape index (κ3) is 6.29. The molecule has 0 aromatic heterocycles. The fraction of sp³-hybridized carbons (Fsp3) is 0.429. The van der Waals surface area contributed by atoms with Gasteiger partial charge in [0, 0.05) is 6.42 Å². The number of carboxylic acids is 1. The molecule has 0 aliphatic carbocycles. The zero-order valence-corrected chi connectivity index (χ0v) is 11.4. The highest BCUT2D eigenvalue weighted by Crippen LogP contribution is 2.23. The lowest BCUT2D eigenvalue weighted by Gasteiger charge is -2.19. The summed E-state index contributed by atoms with van der Waals surface area (Å²) in [5, 5.41) is 11.2. The number of amides is 1. The van der Waals surface area contributed by atoms with Crippen LogP contribution in [0.4, 0.5) is 13.2 Å². The standard InChI is InChI=1S/C14H16F3NO3/c1-9-4-2-3-5-10(9)11(8-13(20)21)18-12(19)6-7-14(15,16)17/h2-5,11H,6-8H2,1H3,(H,18,19)(H,20,21). The van der Waals surface area contributed by atoms with Crippen molar-refractivity contribution in [3.63, 3.8) is 0 Å². The number of rotatable bonds is 6. The number of carbonyl (C=O) groups is 2. The Morgan fingerprint density at radius 2 is 1.90 bits per heavy atom. The largest absolute Gasteiger partial charge is 0.481 e. The number of hydrogen-bond donors (Lipinski definition) is 2. The first kappa shape index (κ1) is 17.0.